The van der Waals surface area contributed by atoms with Crippen LogP contribution < -0.4 is 5.32 Å². The number of amides is 1. The van der Waals surface area contributed by atoms with Crippen molar-refractivity contribution in [1.82, 2.24) is 24.9 Å². The van der Waals surface area contributed by atoms with Crippen LogP contribution in [-0.4, -0.2) is 143 Å². The van der Waals surface area contributed by atoms with Crippen molar-refractivity contribution in [3.05, 3.63) is 0 Å². The summed E-state index contributed by atoms with van der Waals surface area (Å²) in [6.45, 7) is 6.74. The van der Waals surface area contributed by atoms with E-state index in [1.807, 2.05) is 16.7 Å². The molecule has 0 aromatic rings. The van der Waals surface area contributed by atoms with Gasteiger partial charge in [-0.2, -0.15) is 0 Å². The number of likely N-dealkylation sites (N-methyl/N-ethyl adjacent to an activating group) is 1. The summed E-state index contributed by atoms with van der Waals surface area (Å²) in [5.41, 5.74) is 0. The average Bonchev–Trinajstić information content (AvgIpc) is 2.87. The molecule has 12 nitrogen and oxygen atoms in total. The lowest BCUT2D eigenvalue weighted by atomic mass is 9.89. The summed E-state index contributed by atoms with van der Waals surface area (Å²) in [6.07, 6.45) is 6.06. The van der Waals surface area contributed by atoms with Crippen LogP contribution in [0.5, 0.6) is 0 Å². The molecule has 4 N–H and O–H groups in total. The third-order valence-corrected chi connectivity index (χ3v) is 7.72. The number of carbonyl (C=O) groups is 4. The van der Waals surface area contributed by atoms with Crippen molar-refractivity contribution in [1.29, 1.82) is 0 Å². The summed E-state index contributed by atoms with van der Waals surface area (Å²) in [6, 6.07) is -0.927. The molecule has 1 atom stereocenters. The van der Waals surface area contributed by atoms with Gasteiger partial charge in [0.2, 0.25) is 5.91 Å². The molecule has 2 fully saturated rings. The number of rotatable bonds is 12. The molecule has 1 amide bonds. The van der Waals surface area contributed by atoms with E-state index in [1.165, 1.54) is 19.3 Å². The Bertz CT molecular complexity index is 730. The third kappa shape index (κ3) is 12.5. The second-order valence-electron chi connectivity index (χ2n) is 10.5. The number of nitrogens with zero attached hydrogens (tertiary/aromatic N) is 4. The SMILES string of the molecule is CCN1CCN(CC(=O)O)CCN(C(CCC(=O)NCC2CCCCC2)C(=O)O)CCN(CC(=O)O)CC1. The smallest absolute Gasteiger partial charge is 0.320 e. The van der Waals surface area contributed by atoms with Crippen molar-refractivity contribution in [3.63, 3.8) is 0 Å². The fourth-order valence-corrected chi connectivity index (χ4v) is 5.35. The van der Waals surface area contributed by atoms with Crippen LogP contribution in [0.4, 0.5) is 0 Å². The first-order valence-corrected chi connectivity index (χ1v) is 14.0. The van der Waals surface area contributed by atoms with Crippen molar-refractivity contribution in [2.24, 2.45) is 5.92 Å². The number of nitrogens with one attached hydrogen (secondary N) is 1. The lowest BCUT2D eigenvalue weighted by molar-refractivity contribution is -0.145. The molecule has 1 saturated carbocycles. The summed E-state index contributed by atoms with van der Waals surface area (Å²) < 4.78 is 0. The molecule has 0 aromatic carbocycles. The van der Waals surface area contributed by atoms with Gasteiger partial charge in [-0.15, -0.1) is 0 Å². The highest BCUT2D eigenvalue weighted by Crippen LogP contribution is 2.22. The van der Waals surface area contributed by atoms with Crippen molar-refractivity contribution in [3.8, 4) is 0 Å². The Labute approximate surface area is 225 Å². The van der Waals surface area contributed by atoms with Crippen molar-refractivity contribution >= 4 is 23.8 Å². The molecule has 0 aromatic heterocycles. The minimum absolute atomic E-state index is 0.0866. The van der Waals surface area contributed by atoms with Crippen molar-refractivity contribution in [2.75, 3.05) is 78.5 Å². The quantitative estimate of drug-likeness (QED) is 0.270. The maximum atomic E-state index is 12.5. The third-order valence-electron chi connectivity index (χ3n) is 7.72. The Morgan fingerprint density at radius 2 is 1.26 bits per heavy atom. The van der Waals surface area contributed by atoms with Gasteiger partial charge in [-0.25, -0.2) is 0 Å². The monoisotopic (exact) mass is 541 g/mol. The first kappa shape index (κ1) is 31.9. The van der Waals surface area contributed by atoms with Crippen molar-refractivity contribution < 1.29 is 34.5 Å². The highest BCUT2D eigenvalue weighted by atomic mass is 16.4. The molecule has 1 saturated heterocycles. The van der Waals surface area contributed by atoms with E-state index in [4.69, 9.17) is 0 Å². The standard InChI is InChI=1S/C26H47N5O7/c1-2-28-10-12-29(19-24(33)34)14-16-31(17-15-30(13-11-28)20-25(35)36)22(26(37)38)8-9-23(32)27-18-21-6-4-3-5-7-21/h21-22H,2-20H2,1H3,(H,27,32)(H,33,34)(H,35,36)(H,37,38). The van der Waals surface area contributed by atoms with E-state index < -0.39 is 23.9 Å². The fraction of sp³-hybridized carbons (Fsp3) is 0.846. The number of hydrogen-bond acceptors (Lipinski definition) is 8. The second kappa shape index (κ2) is 17.3. The van der Waals surface area contributed by atoms with Crippen LogP contribution in [-0.2, 0) is 19.2 Å². The molecule has 2 aliphatic rings. The van der Waals surface area contributed by atoms with E-state index in [0.717, 1.165) is 19.4 Å². The van der Waals surface area contributed by atoms with Crippen LogP contribution in [0.15, 0.2) is 0 Å². The topological polar surface area (TPSA) is 154 Å². The number of hydrogen-bond donors (Lipinski definition) is 4. The Morgan fingerprint density at radius 3 is 1.74 bits per heavy atom. The number of aliphatic carboxylic acids is 3. The van der Waals surface area contributed by atoms with E-state index in [0.29, 0.717) is 64.8 Å². The summed E-state index contributed by atoms with van der Waals surface area (Å²) in [7, 11) is 0. The predicted octanol–water partition coefficient (Wildman–Crippen LogP) is 0.327. The summed E-state index contributed by atoms with van der Waals surface area (Å²) in [4.78, 5) is 55.3. The minimum atomic E-state index is -1.04. The molecule has 1 unspecified atom stereocenters. The normalized spacial score (nSPS) is 21.2. The molecule has 2 rings (SSSR count). The zero-order chi connectivity index (χ0) is 27.9. The van der Waals surface area contributed by atoms with Gasteiger partial charge in [0.1, 0.15) is 6.04 Å². The molecule has 1 heterocycles. The van der Waals surface area contributed by atoms with Gasteiger partial charge < -0.3 is 25.5 Å². The van der Waals surface area contributed by atoms with Crippen LogP contribution in [0.3, 0.4) is 0 Å². The highest BCUT2D eigenvalue weighted by molar-refractivity contribution is 5.78. The fourth-order valence-electron chi connectivity index (χ4n) is 5.35. The Balaban J connectivity index is 2.07. The van der Waals surface area contributed by atoms with Gasteiger partial charge in [0.25, 0.3) is 0 Å². The first-order chi connectivity index (χ1) is 18.2. The number of carbonyl (C=O) groups excluding carboxylic acids is 1. The van der Waals surface area contributed by atoms with Crippen LogP contribution in [0.2, 0.25) is 0 Å². The Kier molecular flexibility index (Phi) is 14.6. The van der Waals surface area contributed by atoms with E-state index in [2.05, 4.69) is 10.2 Å². The first-order valence-electron chi connectivity index (χ1n) is 14.0. The van der Waals surface area contributed by atoms with E-state index in [9.17, 15) is 34.5 Å². The molecule has 1 aliphatic heterocycles. The van der Waals surface area contributed by atoms with Gasteiger partial charge >= 0.3 is 17.9 Å². The molecule has 1 aliphatic carbocycles. The van der Waals surface area contributed by atoms with Gasteiger partial charge in [-0.05, 0) is 31.7 Å². The molecular weight excluding hydrogens is 494 g/mol. The van der Waals surface area contributed by atoms with E-state index >= 15 is 0 Å². The summed E-state index contributed by atoms with van der Waals surface area (Å²) in [5, 5.41) is 31.8. The Hall–Kier alpha value is -2.28. The summed E-state index contributed by atoms with van der Waals surface area (Å²) >= 11 is 0. The van der Waals surface area contributed by atoms with Crippen LogP contribution >= 0.6 is 0 Å². The zero-order valence-corrected chi connectivity index (χ0v) is 22.9. The number of carboxylic acids is 3. The van der Waals surface area contributed by atoms with Crippen molar-refractivity contribution in [2.45, 2.75) is 57.9 Å². The van der Waals surface area contributed by atoms with Gasteiger partial charge in [0.15, 0.2) is 0 Å². The second-order valence-corrected chi connectivity index (χ2v) is 10.5. The van der Waals surface area contributed by atoms with E-state index in [1.54, 1.807) is 4.90 Å². The molecule has 12 heteroatoms. The maximum Gasteiger partial charge on any atom is 0.320 e. The largest absolute Gasteiger partial charge is 0.480 e. The highest BCUT2D eigenvalue weighted by Gasteiger charge is 2.28. The van der Waals surface area contributed by atoms with Gasteiger partial charge in [0, 0.05) is 65.3 Å². The molecule has 38 heavy (non-hydrogen) atoms. The average molecular weight is 542 g/mol. The molecular formula is C26H47N5O7. The summed E-state index contributed by atoms with van der Waals surface area (Å²) in [5.74, 6) is -2.59. The van der Waals surface area contributed by atoms with Gasteiger partial charge in [-0.3, -0.25) is 33.9 Å². The van der Waals surface area contributed by atoms with Crippen LogP contribution in [0, 0.1) is 5.92 Å². The van der Waals surface area contributed by atoms with Crippen LogP contribution in [0.1, 0.15) is 51.9 Å². The molecule has 0 spiro atoms. The molecule has 0 bridgehead atoms. The lowest BCUT2D eigenvalue weighted by Crippen LogP contribution is -2.51. The lowest BCUT2D eigenvalue weighted by Gasteiger charge is -2.35. The van der Waals surface area contributed by atoms with E-state index in [-0.39, 0.29) is 31.8 Å². The van der Waals surface area contributed by atoms with Crippen LogP contribution in [0.25, 0.3) is 0 Å². The molecule has 0 radical (unpaired) electrons. The number of carboxylic acid groups (broad SMARTS) is 3. The predicted molar refractivity (Wildman–Crippen MR) is 142 cm³/mol. The molecule has 218 valence electrons. The van der Waals surface area contributed by atoms with Gasteiger partial charge in [0.05, 0.1) is 13.1 Å². The maximum absolute atomic E-state index is 12.5. The van der Waals surface area contributed by atoms with Gasteiger partial charge in [-0.1, -0.05) is 26.2 Å². The Morgan fingerprint density at radius 1 is 0.763 bits per heavy atom. The zero-order valence-electron chi connectivity index (χ0n) is 22.9. The minimum Gasteiger partial charge on any atom is -0.480 e.